The molecule has 1 amide bonds. The first kappa shape index (κ1) is 13.3. The van der Waals surface area contributed by atoms with Gasteiger partial charge < -0.3 is 10.6 Å². The van der Waals surface area contributed by atoms with Gasteiger partial charge in [0.25, 0.3) is 0 Å². The number of rotatable bonds is 5. The summed E-state index contributed by atoms with van der Waals surface area (Å²) in [6.45, 7) is 2.16. The molecule has 0 aromatic carbocycles. The molecule has 1 heterocycles. The molecule has 1 saturated heterocycles. The topological polar surface area (TPSA) is 41.1 Å². The molecule has 94 valence electrons. The summed E-state index contributed by atoms with van der Waals surface area (Å²) in [5.41, 5.74) is 0. The lowest BCUT2D eigenvalue weighted by atomic mass is 10.0. The summed E-state index contributed by atoms with van der Waals surface area (Å²) in [7, 11) is 0. The van der Waals surface area contributed by atoms with E-state index < -0.39 is 12.1 Å². The first-order chi connectivity index (χ1) is 7.50. The molecule has 1 atom stereocenters. The van der Waals surface area contributed by atoms with E-state index in [2.05, 4.69) is 5.32 Å². The number of hydrogen-bond acceptors (Lipinski definition) is 2. The van der Waals surface area contributed by atoms with Crippen LogP contribution in [0.3, 0.4) is 0 Å². The normalized spacial score (nSPS) is 21.1. The van der Waals surface area contributed by atoms with E-state index in [1.165, 1.54) is 0 Å². The molecule has 6 heteroatoms. The SMILES string of the molecule is O=C(NCCCCC1CCNC1)C(F)(F)F. The lowest BCUT2D eigenvalue weighted by molar-refractivity contribution is -0.173. The van der Waals surface area contributed by atoms with Gasteiger partial charge in [0.15, 0.2) is 0 Å². The second-order valence-corrected chi connectivity index (χ2v) is 4.11. The van der Waals surface area contributed by atoms with Gasteiger partial charge in [0.05, 0.1) is 0 Å². The maximum atomic E-state index is 11.8. The van der Waals surface area contributed by atoms with Crippen LogP contribution in [0.2, 0.25) is 0 Å². The third-order valence-corrected chi connectivity index (χ3v) is 2.74. The van der Waals surface area contributed by atoms with Crippen LogP contribution in [0.25, 0.3) is 0 Å². The van der Waals surface area contributed by atoms with Crippen molar-refractivity contribution < 1.29 is 18.0 Å². The van der Waals surface area contributed by atoms with Crippen LogP contribution in [0.15, 0.2) is 0 Å². The van der Waals surface area contributed by atoms with Gasteiger partial charge in [-0.05, 0) is 38.3 Å². The molecule has 1 unspecified atom stereocenters. The van der Waals surface area contributed by atoms with Gasteiger partial charge in [0, 0.05) is 6.54 Å². The molecule has 2 N–H and O–H groups in total. The van der Waals surface area contributed by atoms with Crippen LogP contribution in [-0.4, -0.2) is 31.7 Å². The van der Waals surface area contributed by atoms with Crippen molar-refractivity contribution in [3.05, 3.63) is 0 Å². The third-order valence-electron chi connectivity index (χ3n) is 2.74. The fourth-order valence-electron chi connectivity index (χ4n) is 1.82. The highest BCUT2D eigenvalue weighted by Gasteiger charge is 2.38. The Morgan fingerprint density at radius 1 is 1.38 bits per heavy atom. The summed E-state index contributed by atoms with van der Waals surface area (Å²) in [4.78, 5) is 10.4. The third kappa shape index (κ3) is 4.83. The Kier molecular flexibility index (Phi) is 5.05. The molecule has 3 nitrogen and oxygen atoms in total. The Morgan fingerprint density at radius 3 is 2.69 bits per heavy atom. The van der Waals surface area contributed by atoms with Crippen molar-refractivity contribution in [2.45, 2.75) is 31.9 Å². The molecule has 0 aromatic heterocycles. The molecule has 0 saturated carbocycles. The molecule has 0 aliphatic carbocycles. The van der Waals surface area contributed by atoms with Crippen molar-refractivity contribution in [2.75, 3.05) is 19.6 Å². The zero-order valence-electron chi connectivity index (χ0n) is 9.07. The van der Waals surface area contributed by atoms with Gasteiger partial charge in [-0.3, -0.25) is 4.79 Å². The molecule has 1 fully saturated rings. The van der Waals surface area contributed by atoms with Crippen molar-refractivity contribution >= 4 is 5.91 Å². The van der Waals surface area contributed by atoms with Gasteiger partial charge in [-0.1, -0.05) is 6.42 Å². The van der Waals surface area contributed by atoms with Crippen molar-refractivity contribution in [3.8, 4) is 0 Å². The number of carbonyl (C=O) groups excluding carboxylic acids is 1. The Labute approximate surface area is 92.8 Å². The van der Waals surface area contributed by atoms with E-state index in [4.69, 9.17) is 0 Å². The van der Waals surface area contributed by atoms with Gasteiger partial charge in [-0.2, -0.15) is 13.2 Å². The second-order valence-electron chi connectivity index (χ2n) is 4.11. The molecule has 16 heavy (non-hydrogen) atoms. The quantitative estimate of drug-likeness (QED) is 0.712. The highest BCUT2D eigenvalue weighted by molar-refractivity contribution is 5.81. The van der Waals surface area contributed by atoms with Crippen LogP contribution in [0.5, 0.6) is 0 Å². The van der Waals surface area contributed by atoms with Crippen molar-refractivity contribution in [2.24, 2.45) is 5.92 Å². The van der Waals surface area contributed by atoms with Crippen molar-refractivity contribution in [1.29, 1.82) is 0 Å². The minimum absolute atomic E-state index is 0.110. The van der Waals surface area contributed by atoms with E-state index in [1.54, 1.807) is 0 Å². The molecule has 1 rings (SSSR count). The standard InChI is InChI=1S/C10H17F3N2O/c11-10(12,13)9(16)15-5-2-1-3-8-4-6-14-7-8/h8,14H,1-7H2,(H,15,16). The number of nitrogens with one attached hydrogen (secondary N) is 2. The fraction of sp³-hybridized carbons (Fsp3) is 0.900. The molecule has 0 spiro atoms. The zero-order chi connectivity index (χ0) is 12.0. The summed E-state index contributed by atoms with van der Waals surface area (Å²) in [6, 6.07) is 0. The number of amides is 1. The van der Waals surface area contributed by atoms with Gasteiger partial charge in [0.2, 0.25) is 0 Å². The summed E-state index contributed by atoms with van der Waals surface area (Å²) >= 11 is 0. The number of halogens is 3. The molecule has 1 aliphatic heterocycles. The number of carbonyl (C=O) groups is 1. The van der Waals surface area contributed by atoms with Gasteiger partial charge in [-0.15, -0.1) is 0 Å². The Bertz CT molecular complexity index is 225. The van der Waals surface area contributed by atoms with E-state index in [-0.39, 0.29) is 6.54 Å². The monoisotopic (exact) mass is 238 g/mol. The van der Waals surface area contributed by atoms with Gasteiger partial charge >= 0.3 is 12.1 Å². The average molecular weight is 238 g/mol. The smallest absolute Gasteiger partial charge is 0.348 e. The molecule has 1 aliphatic rings. The van der Waals surface area contributed by atoms with E-state index in [0.717, 1.165) is 32.4 Å². The van der Waals surface area contributed by atoms with Crippen molar-refractivity contribution in [3.63, 3.8) is 0 Å². The summed E-state index contributed by atoms with van der Waals surface area (Å²) in [5.74, 6) is -1.19. The lowest BCUT2D eigenvalue weighted by Gasteiger charge is -2.09. The van der Waals surface area contributed by atoms with Crippen LogP contribution >= 0.6 is 0 Å². The molecular weight excluding hydrogens is 221 g/mol. The Hall–Kier alpha value is -0.780. The minimum Gasteiger partial charge on any atom is -0.348 e. The first-order valence-corrected chi connectivity index (χ1v) is 5.56. The molecule has 0 radical (unpaired) electrons. The predicted molar refractivity (Wildman–Crippen MR) is 53.9 cm³/mol. The van der Waals surface area contributed by atoms with E-state index in [1.807, 2.05) is 5.32 Å². The minimum atomic E-state index is -4.75. The Morgan fingerprint density at radius 2 is 2.12 bits per heavy atom. The van der Waals surface area contributed by atoms with E-state index in [0.29, 0.717) is 12.3 Å². The zero-order valence-corrected chi connectivity index (χ0v) is 9.07. The van der Waals surface area contributed by atoms with Crippen LogP contribution in [0, 0.1) is 5.92 Å². The highest BCUT2D eigenvalue weighted by atomic mass is 19.4. The first-order valence-electron chi connectivity index (χ1n) is 5.56. The van der Waals surface area contributed by atoms with E-state index >= 15 is 0 Å². The molecule has 0 aromatic rings. The van der Waals surface area contributed by atoms with Crippen LogP contribution in [0.4, 0.5) is 13.2 Å². The molecule has 0 bridgehead atoms. The summed E-state index contributed by atoms with van der Waals surface area (Å²) in [5, 5.41) is 5.10. The van der Waals surface area contributed by atoms with Crippen LogP contribution in [-0.2, 0) is 4.79 Å². The maximum Gasteiger partial charge on any atom is 0.471 e. The average Bonchev–Trinajstić information content (AvgIpc) is 2.68. The predicted octanol–water partition coefficient (Wildman–Crippen LogP) is 1.44. The molecular formula is C10H17F3N2O. The number of unbranched alkanes of at least 4 members (excludes halogenated alkanes) is 1. The van der Waals surface area contributed by atoms with Gasteiger partial charge in [-0.25, -0.2) is 0 Å². The number of hydrogen-bond donors (Lipinski definition) is 2. The number of alkyl halides is 3. The van der Waals surface area contributed by atoms with E-state index in [9.17, 15) is 18.0 Å². The second kappa shape index (κ2) is 6.08. The van der Waals surface area contributed by atoms with Crippen LogP contribution < -0.4 is 10.6 Å². The van der Waals surface area contributed by atoms with Crippen LogP contribution in [0.1, 0.15) is 25.7 Å². The largest absolute Gasteiger partial charge is 0.471 e. The fourth-order valence-corrected chi connectivity index (χ4v) is 1.82. The summed E-state index contributed by atoms with van der Waals surface area (Å²) in [6.07, 6.45) is -1.11. The maximum absolute atomic E-state index is 11.8. The van der Waals surface area contributed by atoms with Crippen molar-refractivity contribution in [1.82, 2.24) is 10.6 Å². The highest BCUT2D eigenvalue weighted by Crippen LogP contribution is 2.16. The summed E-state index contributed by atoms with van der Waals surface area (Å²) < 4.78 is 35.4. The lowest BCUT2D eigenvalue weighted by Crippen LogP contribution is -2.37. The Balaban J connectivity index is 1.97. The van der Waals surface area contributed by atoms with Gasteiger partial charge in [0.1, 0.15) is 0 Å².